The van der Waals surface area contributed by atoms with Gasteiger partial charge in [0.1, 0.15) is 10.0 Å². The van der Waals surface area contributed by atoms with E-state index in [0.717, 1.165) is 25.0 Å². The molecule has 0 N–H and O–H groups in total. The Kier molecular flexibility index (Phi) is 3.98. The number of sulfonamides is 1. The first-order chi connectivity index (χ1) is 8.82. The highest BCUT2D eigenvalue weighted by molar-refractivity contribution is 9.11. The number of rotatable bonds is 3. The summed E-state index contributed by atoms with van der Waals surface area (Å²) >= 11 is 4.44. The summed E-state index contributed by atoms with van der Waals surface area (Å²) in [6, 6.07) is 7.09. The molecule has 0 aliphatic rings. The molecule has 0 saturated heterocycles. The first-order valence-electron chi connectivity index (χ1n) is 5.33. The zero-order chi connectivity index (χ0) is 14.2. The molecule has 1 aromatic carbocycles. The molecule has 0 unspecified atom stereocenters. The van der Waals surface area contributed by atoms with Crippen LogP contribution in [0.3, 0.4) is 0 Å². The maximum absolute atomic E-state index is 13.2. The van der Waals surface area contributed by atoms with Crippen molar-refractivity contribution in [2.24, 2.45) is 0 Å². The van der Waals surface area contributed by atoms with E-state index in [-0.39, 0.29) is 4.21 Å². The highest BCUT2D eigenvalue weighted by Gasteiger charge is 2.24. The highest BCUT2D eigenvalue weighted by Crippen LogP contribution is 2.33. The van der Waals surface area contributed by atoms with Crippen LogP contribution in [0.25, 0.3) is 0 Å². The van der Waals surface area contributed by atoms with Gasteiger partial charge in [0, 0.05) is 7.05 Å². The van der Waals surface area contributed by atoms with Crippen molar-refractivity contribution in [1.29, 1.82) is 0 Å². The van der Waals surface area contributed by atoms with E-state index in [1.165, 1.54) is 25.2 Å². The van der Waals surface area contributed by atoms with Gasteiger partial charge < -0.3 is 0 Å². The smallest absolute Gasteiger partial charge is 0.269 e. The van der Waals surface area contributed by atoms with Gasteiger partial charge in [0.15, 0.2) is 0 Å². The molecule has 0 saturated carbocycles. The zero-order valence-corrected chi connectivity index (χ0v) is 13.4. The van der Waals surface area contributed by atoms with E-state index in [1.807, 2.05) is 6.92 Å². The van der Waals surface area contributed by atoms with Crippen molar-refractivity contribution in [2.75, 3.05) is 11.4 Å². The van der Waals surface area contributed by atoms with Gasteiger partial charge in [0.2, 0.25) is 0 Å². The number of thiophene rings is 1. The summed E-state index contributed by atoms with van der Waals surface area (Å²) in [5.74, 6) is -0.469. The van der Waals surface area contributed by atoms with Gasteiger partial charge in [0.25, 0.3) is 10.0 Å². The molecule has 1 heterocycles. The molecule has 0 atom stereocenters. The Labute approximate surface area is 123 Å². The number of hydrogen-bond donors (Lipinski definition) is 0. The van der Waals surface area contributed by atoms with Gasteiger partial charge >= 0.3 is 0 Å². The van der Waals surface area contributed by atoms with Crippen LogP contribution in [0.1, 0.15) is 5.56 Å². The second kappa shape index (κ2) is 5.22. The van der Waals surface area contributed by atoms with Crippen LogP contribution < -0.4 is 4.31 Å². The summed E-state index contributed by atoms with van der Waals surface area (Å²) in [6.07, 6.45) is 0. The average Bonchev–Trinajstić information content (AvgIpc) is 2.69. The lowest BCUT2D eigenvalue weighted by Crippen LogP contribution is -2.25. The summed E-state index contributed by atoms with van der Waals surface area (Å²) in [5, 5.41) is 0. The van der Waals surface area contributed by atoms with E-state index in [2.05, 4.69) is 15.9 Å². The molecule has 102 valence electrons. The SMILES string of the molecule is Cc1cc(S(=O)(=O)N(C)c2cccc(F)c2)sc1Br. The van der Waals surface area contributed by atoms with E-state index in [4.69, 9.17) is 0 Å². The minimum atomic E-state index is -3.66. The van der Waals surface area contributed by atoms with Crippen LogP contribution in [0.15, 0.2) is 38.3 Å². The Morgan fingerprint density at radius 3 is 2.53 bits per heavy atom. The quantitative estimate of drug-likeness (QED) is 0.831. The van der Waals surface area contributed by atoms with E-state index in [1.54, 1.807) is 12.1 Å². The maximum atomic E-state index is 13.2. The number of halogens is 2. The molecule has 0 bridgehead atoms. The van der Waals surface area contributed by atoms with Crippen molar-refractivity contribution in [2.45, 2.75) is 11.1 Å². The minimum Gasteiger partial charge on any atom is -0.269 e. The summed E-state index contributed by atoms with van der Waals surface area (Å²) in [4.78, 5) is 0. The fourth-order valence-electron chi connectivity index (χ4n) is 1.50. The molecule has 3 nitrogen and oxygen atoms in total. The van der Waals surface area contributed by atoms with Crippen molar-refractivity contribution in [1.82, 2.24) is 0 Å². The molecule has 7 heteroatoms. The van der Waals surface area contributed by atoms with Crippen molar-refractivity contribution in [3.8, 4) is 0 Å². The Bertz CT molecular complexity index is 693. The topological polar surface area (TPSA) is 37.4 Å². The van der Waals surface area contributed by atoms with Gasteiger partial charge in [-0.05, 0) is 52.7 Å². The third kappa shape index (κ3) is 2.82. The molecular formula is C12H11BrFNO2S2. The maximum Gasteiger partial charge on any atom is 0.273 e. The Morgan fingerprint density at radius 1 is 1.32 bits per heavy atom. The second-order valence-electron chi connectivity index (χ2n) is 3.97. The van der Waals surface area contributed by atoms with Gasteiger partial charge in [0.05, 0.1) is 9.47 Å². The van der Waals surface area contributed by atoms with Crippen LogP contribution in [0, 0.1) is 12.7 Å². The number of nitrogens with zero attached hydrogens (tertiary/aromatic N) is 1. The highest BCUT2D eigenvalue weighted by atomic mass is 79.9. The van der Waals surface area contributed by atoms with Gasteiger partial charge in [-0.3, -0.25) is 4.31 Å². The Hall–Kier alpha value is -0.920. The largest absolute Gasteiger partial charge is 0.273 e. The molecule has 0 aliphatic carbocycles. The second-order valence-corrected chi connectivity index (χ2v) is 8.54. The van der Waals surface area contributed by atoms with Crippen molar-refractivity contribution < 1.29 is 12.8 Å². The van der Waals surface area contributed by atoms with Crippen LogP contribution in [0.4, 0.5) is 10.1 Å². The van der Waals surface area contributed by atoms with Crippen LogP contribution in [-0.4, -0.2) is 15.5 Å². The molecule has 0 aliphatic heterocycles. The van der Waals surface area contributed by atoms with Crippen molar-refractivity contribution >= 4 is 43.0 Å². The normalized spacial score (nSPS) is 11.6. The van der Waals surface area contributed by atoms with Gasteiger partial charge in [-0.25, -0.2) is 12.8 Å². The number of benzene rings is 1. The predicted octanol–water partition coefficient (Wildman–Crippen LogP) is 3.78. The van der Waals surface area contributed by atoms with Crippen LogP contribution >= 0.6 is 27.3 Å². The standard InChI is InChI=1S/C12H11BrFNO2S2/c1-8-6-11(18-12(8)13)19(16,17)15(2)10-5-3-4-9(14)7-10/h3-7H,1-2H3. The molecule has 0 spiro atoms. The molecule has 0 amide bonds. The summed E-state index contributed by atoms with van der Waals surface area (Å²) in [6.45, 7) is 1.82. The Morgan fingerprint density at radius 2 is 2.00 bits per heavy atom. The van der Waals surface area contributed by atoms with E-state index in [0.29, 0.717) is 5.69 Å². The number of aryl methyl sites for hydroxylation is 1. The van der Waals surface area contributed by atoms with E-state index in [9.17, 15) is 12.8 Å². The van der Waals surface area contributed by atoms with Gasteiger partial charge in [-0.2, -0.15) is 0 Å². The van der Waals surface area contributed by atoms with E-state index < -0.39 is 15.8 Å². The van der Waals surface area contributed by atoms with Crippen LogP contribution in [-0.2, 0) is 10.0 Å². The lowest BCUT2D eigenvalue weighted by atomic mass is 10.3. The summed E-state index contributed by atoms with van der Waals surface area (Å²) < 4.78 is 40.0. The van der Waals surface area contributed by atoms with Crippen LogP contribution in [0.2, 0.25) is 0 Å². The lowest BCUT2D eigenvalue weighted by molar-refractivity contribution is 0.596. The molecule has 0 fully saturated rings. The first kappa shape index (κ1) is 14.5. The van der Waals surface area contributed by atoms with Crippen molar-refractivity contribution in [3.05, 3.63) is 45.5 Å². The monoisotopic (exact) mass is 363 g/mol. The predicted molar refractivity (Wildman–Crippen MR) is 78.7 cm³/mol. The molecule has 2 aromatic rings. The fourth-order valence-corrected chi connectivity index (χ4v) is 5.09. The van der Waals surface area contributed by atoms with Gasteiger partial charge in [-0.1, -0.05) is 6.07 Å². The van der Waals surface area contributed by atoms with Crippen molar-refractivity contribution in [3.63, 3.8) is 0 Å². The molecule has 19 heavy (non-hydrogen) atoms. The number of anilines is 1. The molecule has 0 radical (unpaired) electrons. The van der Waals surface area contributed by atoms with E-state index >= 15 is 0 Å². The average molecular weight is 364 g/mol. The fraction of sp³-hybridized carbons (Fsp3) is 0.167. The molecule has 2 rings (SSSR count). The first-order valence-corrected chi connectivity index (χ1v) is 8.38. The number of hydrogen-bond acceptors (Lipinski definition) is 3. The van der Waals surface area contributed by atoms with Gasteiger partial charge in [-0.15, -0.1) is 11.3 Å². The summed E-state index contributed by atoms with van der Waals surface area (Å²) in [7, 11) is -2.25. The van der Waals surface area contributed by atoms with Crippen LogP contribution in [0.5, 0.6) is 0 Å². The molecular weight excluding hydrogens is 353 g/mol. The lowest BCUT2D eigenvalue weighted by Gasteiger charge is -2.18. The third-order valence-corrected chi connectivity index (χ3v) is 6.99. The third-order valence-electron chi connectivity index (χ3n) is 2.62. The Balaban J connectivity index is 2.45. The minimum absolute atomic E-state index is 0.226. The summed E-state index contributed by atoms with van der Waals surface area (Å²) in [5.41, 5.74) is 1.15. The molecule has 1 aromatic heterocycles. The zero-order valence-electron chi connectivity index (χ0n) is 10.2.